The Labute approximate surface area is 222 Å². The Bertz CT molecular complexity index is 1290. The quantitative estimate of drug-likeness (QED) is 0.257. The number of aryl methyl sites for hydroxylation is 1. The van der Waals surface area contributed by atoms with E-state index in [1.807, 2.05) is 31.2 Å². The molecule has 2 aliphatic heterocycles. The van der Waals surface area contributed by atoms with E-state index >= 15 is 0 Å². The van der Waals surface area contributed by atoms with Crippen molar-refractivity contribution in [1.29, 1.82) is 0 Å². The van der Waals surface area contributed by atoms with E-state index in [0.717, 1.165) is 30.8 Å². The molecule has 2 aliphatic rings. The molecule has 198 valence electrons. The van der Waals surface area contributed by atoms with Crippen LogP contribution in [0.25, 0.3) is 5.76 Å². The first-order valence-electron chi connectivity index (χ1n) is 12.9. The van der Waals surface area contributed by atoms with Crippen LogP contribution in [0.15, 0.2) is 76.9 Å². The molecular formula is C30H32N2O6. The molecule has 2 fully saturated rings. The summed E-state index contributed by atoms with van der Waals surface area (Å²) in [6.07, 6.45) is 2.20. The van der Waals surface area contributed by atoms with Gasteiger partial charge in [-0.3, -0.25) is 14.5 Å². The van der Waals surface area contributed by atoms with Gasteiger partial charge in [-0.15, -0.1) is 0 Å². The van der Waals surface area contributed by atoms with E-state index in [9.17, 15) is 14.7 Å². The average molecular weight is 517 g/mol. The van der Waals surface area contributed by atoms with Crippen LogP contribution in [0.2, 0.25) is 0 Å². The van der Waals surface area contributed by atoms with E-state index in [1.54, 1.807) is 36.4 Å². The summed E-state index contributed by atoms with van der Waals surface area (Å²) in [4.78, 5) is 30.0. The molecule has 1 atom stereocenters. The maximum atomic E-state index is 13.2. The number of morpholine rings is 1. The minimum atomic E-state index is -0.785. The zero-order chi connectivity index (χ0) is 26.5. The molecule has 3 aromatic rings. The van der Waals surface area contributed by atoms with Gasteiger partial charge in [0.15, 0.2) is 0 Å². The van der Waals surface area contributed by atoms with Gasteiger partial charge in [-0.1, -0.05) is 24.3 Å². The van der Waals surface area contributed by atoms with Gasteiger partial charge in [-0.25, -0.2) is 0 Å². The molecule has 5 rings (SSSR count). The number of carbonyl (C=O) groups is 2. The third kappa shape index (κ3) is 5.51. The van der Waals surface area contributed by atoms with Crippen molar-refractivity contribution in [3.05, 3.63) is 95.0 Å². The second-order valence-electron chi connectivity index (χ2n) is 9.56. The lowest BCUT2D eigenvalue weighted by Crippen LogP contribution is -2.38. The van der Waals surface area contributed by atoms with Crippen molar-refractivity contribution in [3.8, 4) is 5.75 Å². The first-order chi connectivity index (χ1) is 18.5. The number of carbonyl (C=O) groups excluding carboxylic acids is 2. The van der Waals surface area contributed by atoms with Crippen molar-refractivity contribution < 1.29 is 28.6 Å². The Morgan fingerprint density at radius 3 is 2.47 bits per heavy atom. The summed E-state index contributed by atoms with van der Waals surface area (Å²) in [7, 11) is 0. The molecule has 0 spiro atoms. The number of ether oxygens (including phenoxy) is 2. The fourth-order valence-electron chi connectivity index (χ4n) is 4.94. The number of aliphatic hydroxyl groups excluding tert-OH is 1. The lowest BCUT2D eigenvalue weighted by atomic mass is 9.99. The zero-order valence-corrected chi connectivity index (χ0v) is 21.5. The smallest absolute Gasteiger partial charge is 0.295 e. The third-order valence-corrected chi connectivity index (χ3v) is 7.11. The van der Waals surface area contributed by atoms with Crippen LogP contribution in [0.3, 0.4) is 0 Å². The fourth-order valence-corrected chi connectivity index (χ4v) is 4.94. The van der Waals surface area contributed by atoms with Crippen molar-refractivity contribution in [2.75, 3.05) is 39.4 Å². The highest BCUT2D eigenvalue weighted by Crippen LogP contribution is 2.39. The van der Waals surface area contributed by atoms with Crippen molar-refractivity contribution in [1.82, 2.24) is 9.80 Å². The summed E-state index contributed by atoms with van der Waals surface area (Å²) in [6, 6.07) is 17.5. The predicted octanol–water partition coefficient (Wildman–Crippen LogP) is 4.31. The maximum Gasteiger partial charge on any atom is 0.295 e. The number of hydrogen-bond acceptors (Lipinski definition) is 7. The van der Waals surface area contributed by atoms with E-state index in [2.05, 4.69) is 4.90 Å². The number of ketones is 1. The topological polar surface area (TPSA) is 92.5 Å². The fraction of sp³-hybridized carbons (Fsp3) is 0.333. The lowest BCUT2D eigenvalue weighted by Gasteiger charge is -2.28. The third-order valence-electron chi connectivity index (χ3n) is 7.11. The molecule has 38 heavy (non-hydrogen) atoms. The van der Waals surface area contributed by atoms with Gasteiger partial charge in [0.05, 0.1) is 25.1 Å². The van der Waals surface area contributed by atoms with Gasteiger partial charge in [0, 0.05) is 31.7 Å². The summed E-state index contributed by atoms with van der Waals surface area (Å²) in [5.74, 6) is -0.500. The number of rotatable bonds is 9. The van der Waals surface area contributed by atoms with E-state index < -0.39 is 17.7 Å². The van der Waals surface area contributed by atoms with Crippen LogP contribution in [-0.4, -0.2) is 66.0 Å². The average Bonchev–Trinajstić information content (AvgIpc) is 3.56. The van der Waals surface area contributed by atoms with Gasteiger partial charge < -0.3 is 23.9 Å². The van der Waals surface area contributed by atoms with Gasteiger partial charge >= 0.3 is 0 Å². The van der Waals surface area contributed by atoms with Crippen LogP contribution >= 0.6 is 0 Å². The first kappa shape index (κ1) is 25.8. The Balaban J connectivity index is 1.34. The molecule has 1 aromatic heterocycles. The lowest BCUT2D eigenvalue weighted by molar-refractivity contribution is -0.140. The Morgan fingerprint density at radius 2 is 1.76 bits per heavy atom. The van der Waals surface area contributed by atoms with Crippen molar-refractivity contribution in [2.45, 2.75) is 26.0 Å². The van der Waals surface area contributed by atoms with Gasteiger partial charge in [0.25, 0.3) is 11.7 Å². The summed E-state index contributed by atoms with van der Waals surface area (Å²) >= 11 is 0. The van der Waals surface area contributed by atoms with Crippen molar-refractivity contribution in [2.24, 2.45) is 0 Å². The number of furan rings is 1. The summed E-state index contributed by atoms with van der Waals surface area (Å²) in [5, 5.41) is 11.2. The highest BCUT2D eigenvalue weighted by molar-refractivity contribution is 6.46. The molecular weight excluding hydrogens is 484 g/mol. The van der Waals surface area contributed by atoms with Crippen LogP contribution in [0.1, 0.15) is 34.9 Å². The number of amides is 1. The monoisotopic (exact) mass is 516 g/mol. The van der Waals surface area contributed by atoms with E-state index in [4.69, 9.17) is 13.9 Å². The number of Topliss-reactive ketones (excluding diaryl/α,β-unsaturated/α-hetero) is 1. The largest absolute Gasteiger partial charge is 0.507 e. The number of likely N-dealkylation sites (tertiary alicyclic amines) is 1. The van der Waals surface area contributed by atoms with E-state index in [0.29, 0.717) is 49.9 Å². The van der Waals surface area contributed by atoms with Crippen LogP contribution < -0.4 is 4.74 Å². The Hall–Kier alpha value is -3.88. The van der Waals surface area contributed by atoms with Crippen LogP contribution in [0, 0.1) is 6.92 Å². The normalized spacial score (nSPS) is 19.7. The molecule has 2 aromatic carbocycles. The SMILES string of the molecule is Cc1ccccc1COc1ccc(/C(O)=C2/C(=O)C(=O)N(CCCN3CCOCC3)C2c2ccco2)cc1. The minimum Gasteiger partial charge on any atom is -0.507 e. The van der Waals surface area contributed by atoms with Crippen molar-refractivity contribution in [3.63, 3.8) is 0 Å². The van der Waals surface area contributed by atoms with E-state index in [-0.39, 0.29) is 11.3 Å². The molecule has 8 nitrogen and oxygen atoms in total. The van der Waals surface area contributed by atoms with E-state index in [1.165, 1.54) is 11.2 Å². The van der Waals surface area contributed by atoms with Crippen LogP contribution in [0.5, 0.6) is 5.75 Å². The Kier molecular flexibility index (Phi) is 7.91. The zero-order valence-electron chi connectivity index (χ0n) is 21.5. The van der Waals surface area contributed by atoms with Crippen LogP contribution in [0.4, 0.5) is 0 Å². The number of benzene rings is 2. The second-order valence-corrected chi connectivity index (χ2v) is 9.56. The standard InChI is InChI=1S/C30H32N2O6/c1-21-6-2-3-7-23(21)20-38-24-11-9-22(10-12-24)28(33)26-27(25-8-4-17-37-25)32(30(35)29(26)34)14-5-13-31-15-18-36-19-16-31/h2-4,6-12,17,27,33H,5,13-16,18-20H2,1H3/b28-26-. The molecule has 0 bridgehead atoms. The molecule has 1 unspecified atom stereocenters. The van der Waals surface area contributed by atoms with Gasteiger partial charge in [-0.2, -0.15) is 0 Å². The van der Waals surface area contributed by atoms with Crippen LogP contribution in [-0.2, 0) is 20.9 Å². The molecule has 1 N–H and O–H groups in total. The summed E-state index contributed by atoms with van der Waals surface area (Å²) in [5.41, 5.74) is 2.70. The molecule has 8 heteroatoms. The van der Waals surface area contributed by atoms with Gasteiger partial charge in [0.1, 0.15) is 29.9 Å². The molecule has 0 saturated carbocycles. The maximum absolute atomic E-state index is 13.2. The second kappa shape index (κ2) is 11.7. The summed E-state index contributed by atoms with van der Waals surface area (Å²) < 4.78 is 16.9. The number of aliphatic hydroxyl groups is 1. The predicted molar refractivity (Wildman–Crippen MR) is 142 cm³/mol. The number of hydrogen-bond donors (Lipinski definition) is 1. The highest BCUT2D eigenvalue weighted by atomic mass is 16.5. The van der Waals surface area contributed by atoms with Crippen molar-refractivity contribution >= 4 is 17.4 Å². The van der Waals surface area contributed by atoms with Gasteiger partial charge in [-0.05, 0) is 60.9 Å². The minimum absolute atomic E-state index is 0.0323. The number of nitrogens with zero attached hydrogens (tertiary/aromatic N) is 2. The summed E-state index contributed by atoms with van der Waals surface area (Å²) in [6.45, 7) is 6.73. The molecule has 0 aliphatic carbocycles. The molecule has 2 saturated heterocycles. The first-order valence-corrected chi connectivity index (χ1v) is 12.9. The molecule has 0 radical (unpaired) electrons. The van der Waals surface area contributed by atoms with Gasteiger partial charge in [0.2, 0.25) is 0 Å². The molecule has 1 amide bonds. The highest BCUT2D eigenvalue weighted by Gasteiger charge is 2.47. The molecule has 3 heterocycles. The Morgan fingerprint density at radius 1 is 1.00 bits per heavy atom.